The number of benzene rings is 1. The summed E-state index contributed by atoms with van der Waals surface area (Å²) < 4.78 is 12.1. The standard InChI is InChI=1S/C13H17BrN2O2/c1-3-17-11-8-9(13-15-5-6-16-13)7-10(14)12(11)18-4-2/h7-8H,3-6H2,1-2H3,(H,15,16). The van der Waals surface area contributed by atoms with Crippen molar-refractivity contribution in [2.45, 2.75) is 13.8 Å². The average molecular weight is 313 g/mol. The van der Waals surface area contributed by atoms with Crippen LogP contribution in [0.25, 0.3) is 0 Å². The highest BCUT2D eigenvalue weighted by Crippen LogP contribution is 2.37. The molecule has 0 aliphatic carbocycles. The number of aliphatic imine (C=N–C) groups is 1. The van der Waals surface area contributed by atoms with Gasteiger partial charge in [-0.1, -0.05) is 0 Å². The lowest BCUT2D eigenvalue weighted by Crippen LogP contribution is -2.19. The summed E-state index contributed by atoms with van der Waals surface area (Å²) in [6.45, 7) is 6.85. The van der Waals surface area contributed by atoms with Gasteiger partial charge in [0, 0.05) is 12.1 Å². The number of halogens is 1. The minimum atomic E-state index is 0.607. The minimum absolute atomic E-state index is 0.607. The number of hydrogen-bond donors (Lipinski definition) is 1. The molecule has 0 saturated carbocycles. The van der Waals surface area contributed by atoms with Gasteiger partial charge in [-0.15, -0.1) is 0 Å². The molecule has 0 saturated heterocycles. The third-order valence-electron chi connectivity index (χ3n) is 2.55. The van der Waals surface area contributed by atoms with E-state index in [9.17, 15) is 0 Å². The monoisotopic (exact) mass is 312 g/mol. The van der Waals surface area contributed by atoms with Crippen molar-refractivity contribution in [1.29, 1.82) is 0 Å². The van der Waals surface area contributed by atoms with Crippen molar-refractivity contribution in [2.24, 2.45) is 4.99 Å². The number of nitrogens with one attached hydrogen (secondary N) is 1. The Labute approximate surface area is 116 Å². The van der Waals surface area contributed by atoms with Crippen LogP contribution in [0, 0.1) is 0 Å². The fourth-order valence-electron chi connectivity index (χ4n) is 1.84. The maximum absolute atomic E-state index is 5.63. The summed E-state index contributed by atoms with van der Waals surface area (Å²) in [6, 6.07) is 3.97. The summed E-state index contributed by atoms with van der Waals surface area (Å²) >= 11 is 3.53. The molecule has 1 aromatic rings. The van der Waals surface area contributed by atoms with Crippen LogP contribution in [0.5, 0.6) is 11.5 Å². The van der Waals surface area contributed by atoms with E-state index in [-0.39, 0.29) is 0 Å². The van der Waals surface area contributed by atoms with E-state index in [1.54, 1.807) is 0 Å². The van der Waals surface area contributed by atoms with E-state index < -0.39 is 0 Å². The third-order valence-corrected chi connectivity index (χ3v) is 3.13. The van der Waals surface area contributed by atoms with Crippen LogP contribution in [-0.2, 0) is 0 Å². The van der Waals surface area contributed by atoms with E-state index in [1.807, 2.05) is 26.0 Å². The molecule has 5 heteroatoms. The molecule has 1 N–H and O–H groups in total. The van der Waals surface area contributed by atoms with Gasteiger partial charge in [-0.2, -0.15) is 0 Å². The molecule has 1 aliphatic rings. The van der Waals surface area contributed by atoms with Crippen molar-refractivity contribution >= 4 is 21.8 Å². The molecule has 0 fully saturated rings. The maximum Gasteiger partial charge on any atom is 0.175 e. The lowest BCUT2D eigenvalue weighted by molar-refractivity contribution is 0.286. The molecule has 0 unspecified atom stereocenters. The van der Waals surface area contributed by atoms with Crippen molar-refractivity contribution in [3.05, 3.63) is 22.2 Å². The van der Waals surface area contributed by atoms with Crippen LogP contribution in [-0.4, -0.2) is 32.1 Å². The lowest BCUT2D eigenvalue weighted by atomic mass is 10.2. The fraction of sp³-hybridized carbons (Fsp3) is 0.462. The van der Waals surface area contributed by atoms with Gasteiger partial charge in [0.05, 0.1) is 24.2 Å². The Morgan fingerprint density at radius 1 is 1.28 bits per heavy atom. The Bertz CT molecular complexity index is 461. The van der Waals surface area contributed by atoms with Crippen molar-refractivity contribution < 1.29 is 9.47 Å². The van der Waals surface area contributed by atoms with Gasteiger partial charge >= 0.3 is 0 Å². The molecule has 1 heterocycles. The highest BCUT2D eigenvalue weighted by molar-refractivity contribution is 9.10. The summed E-state index contributed by atoms with van der Waals surface area (Å²) in [5, 5.41) is 3.25. The molecule has 98 valence electrons. The van der Waals surface area contributed by atoms with Crippen molar-refractivity contribution in [3.63, 3.8) is 0 Å². The van der Waals surface area contributed by atoms with Gasteiger partial charge in [0.2, 0.25) is 0 Å². The number of rotatable bonds is 5. The van der Waals surface area contributed by atoms with Gasteiger partial charge in [-0.25, -0.2) is 0 Å². The Balaban J connectivity index is 2.39. The van der Waals surface area contributed by atoms with E-state index in [4.69, 9.17) is 9.47 Å². The van der Waals surface area contributed by atoms with Gasteiger partial charge in [0.15, 0.2) is 11.5 Å². The highest BCUT2D eigenvalue weighted by atomic mass is 79.9. The molecule has 0 aromatic heterocycles. The minimum Gasteiger partial charge on any atom is -0.490 e. The van der Waals surface area contributed by atoms with E-state index in [0.29, 0.717) is 13.2 Å². The van der Waals surface area contributed by atoms with Gasteiger partial charge in [-0.05, 0) is 41.9 Å². The predicted octanol–water partition coefficient (Wildman–Crippen LogP) is 2.60. The van der Waals surface area contributed by atoms with Gasteiger partial charge in [0.1, 0.15) is 5.84 Å². The summed E-state index contributed by atoms with van der Waals surface area (Å²) in [6.07, 6.45) is 0. The highest BCUT2D eigenvalue weighted by Gasteiger charge is 2.16. The van der Waals surface area contributed by atoms with Gasteiger partial charge < -0.3 is 14.8 Å². The zero-order valence-corrected chi connectivity index (χ0v) is 12.2. The zero-order chi connectivity index (χ0) is 13.0. The second-order valence-corrected chi connectivity index (χ2v) is 4.66. The molecular weight excluding hydrogens is 296 g/mol. The zero-order valence-electron chi connectivity index (χ0n) is 10.6. The van der Waals surface area contributed by atoms with E-state index in [0.717, 1.165) is 40.5 Å². The molecule has 1 aromatic carbocycles. The van der Waals surface area contributed by atoms with Crippen LogP contribution < -0.4 is 14.8 Å². The third kappa shape index (κ3) is 2.77. The molecule has 1 aliphatic heterocycles. The molecule has 2 rings (SSSR count). The van der Waals surface area contributed by atoms with Crippen molar-refractivity contribution in [2.75, 3.05) is 26.3 Å². The molecule has 0 bridgehead atoms. The second-order valence-electron chi connectivity index (χ2n) is 3.81. The number of nitrogens with zero attached hydrogens (tertiary/aromatic N) is 1. The summed E-state index contributed by atoms with van der Waals surface area (Å²) in [4.78, 5) is 4.41. The molecular formula is C13H17BrN2O2. The predicted molar refractivity (Wildman–Crippen MR) is 75.9 cm³/mol. The molecule has 0 atom stereocenters. The maximum atomic E-state index is 5.63. The van der Waals surface area contributed by atoms with Crippen LogP contribution in [0.3, 0.4) is 0 Å². The van der Waals surface area contributed by atoms with E-state index in [1.165, 1.54) is 0 Å². The van der Waals surface area contributed by atoms with Crippen LogP contribution in [0.1, 0.15) is 19.4 Å². The topological polar surface area (TPSA) is 42.8 Å². The number of hydrogen-bond acceptors (Lipinski definition) is 4. The number of ether oxygens (including phenoxy) is 2. The fourth-order valence-corrected chi connectivity index (χ4v) is 2.40. The second kappa shape index (κ2) is 6.09. The first-order valence-corrected chi connectivity index (χ1v) is 6.93. The molecule has 18 heavy (non-hydrogen) atoms. The molecule has 0 amide bonds. The Kier molecular flexibility index (Phi) is 4.47. The summed E-state index contributed by atoms with van der Waals surface area (Å²) in [7, 11) is 0. The van der Waals surface area contributed by atoms with Crippen LogP contribution in [0.4, 0.5) is 0 Å². The van der Waals surface area contributed by atoms with Crippen LogP contribution >= 0.6 is 15.9 Å². The van der Waals surface area contributed by atoms with Crippen molar-refractivity contribution in [3.8, 4) is 11.5 Å². The van der Waals surface area contributed by atoms with E-state index in [2.05, 4.69) is 26.2 Å². The normalized spacial score (nSPS) is 14.1. The first-order chi connectivity index (χ1) is 8.76. The number of amidine groups is 1. The molecule has 0 spiro atoms. The Hall–Kier alpha value is -1.23. The molecule has 4 nitrogen and oxygen atoms in total. The SMILES string of the molecule is CCOc1cc(C2=NCCN2)cc(Br)c1OCC. The van der Waals surface area contributed by atoms with E-state index >= 15 is 0 Å². The van der Waals surface area contributed by atoms with Gasteiger partial charge in [-0.3, -0.25) is 4.99 Å². The summed E-state index contributed by atoms with van der Waals surface area (Å²) in [5.41, 5.74) is 1.02. The van der Waals surface area contributed by atoms with Gasteiger partial charge in [0.25, 0.3) is 0 Å². The van der Waals surface area contributed by atoms with Crippen LogP contribution in [0.2, 0.25) is 0 Å². The quantitative estimate of drug-likeness (QED) is 0.908. The summed E-state index contributed by atoms with van der Waals surface area (Å²) in [5.74, 6) is 2.42. The first-order valence-electron chi connectivity index (χ1n) is 6.14. The molecule has 0 radical (unpaired) electrons. The van der Waals surface area contributed by atoms with Crippen LogP contribution in [0.15, 0.2) is 21.6 Å². The Morgan fingerprint density at radius 2 is 2.06 bits per heavy atom. The van der Waals surface area contributed by atoms with Crippen molar-refractivity contribution in [1.82, 2.24) is 5.32 Å². The average Bonchev–Trinajstić information content (AvgIpc) is 2.87. The largest absolute Gasteiger partial charge is 0.490 e. The lowest BCUT2D eigenvalue weighted by Gasteiger charge is -2.14. The Morgan fingerprint density at radius 3 is 2.67 bits per heavy atom. The smallest absolute Gasteiger partial charge is 0.175 e. The first kappa shape index (κ1) is 13.2.